The molecule has 0 aliphatic heterocycles. The highest BCUT2D eigenvalue weighted by molar-refractivity contribution is 7.80. The first-order valence-electron chi connectivity index (χ1n) is 7.22. The van der Waals surface area contributed by atoms with Gasteiger partial charge in [-0.15, -0.1) is 0 Å². The molecule has 5 heteroatoms. The van der Waals surface area contributed by atoms with Gasteiger partial charge in [0.15, 0.2) is 0 Å². The van der Waals surface area contributed by atoms with Gasteiger partial charge in [-0.3, -0.25) is 4.55 Å². The van der Waals surface area contributed by atoms with E-state index in [9.17, 15) is 8.42 Å². The zero-order chi connectivity index (χ0) is 13.0. The third-order valence-corrected chi connectivity index (χ3v) is 4.93. The lowest BCUT2D eigenvalue weighted by Crippen LogP contribution is -2.36. The third kappa shape index (κ3) is 4.21. The Kier molecular flexibility index (Phi) is 5.04. The van der Waals surface area contributed by atoms with Crippen LogP contribution in [0.2, 0.25) is 0 Å². The molecule has 0 amide bonds. The minimum Gasteiger partial charge on any atom is -0.264 e. The average molecular weight is 276 g/mol. The molecule has 4 nitrogen and oxygen atoms in total. The third-order valence-electron chi connectivity index (χ3n) is 4.46. The smallest absolute Gasteiger partial charge is 0.264 e. The maximum atomic E-state index is 11.1. The summed E-state index contributed by atoms with van der Waals surface area (Å²) in [6.07, 6.45) is 11.0. The molecule has 0 saturated heterocycles. The maximum Gasteiger partial charge on any atom is 0.397 e. The highest BCUT2D eigenvalue weighted by Gasteiger charge is 2.35. The summed E-state index contributed by atoms with van der Waals surface area (Å²) >= 11 is 0. The van der Waals surface area contributed by atoms with E-state index < -0.39 is 10.4 Å². The van der Waals surface area contributed by atoms with Crippen LogP contribution < -0.4 is 0 Å². The van der Waals surface area contributed by atoms with Crippen molar-refractivity contribution in [1.82, 2.24) is 0 Å². The fraction of sp³-hybridized carbons (Fsp3) is 1.00. The largest absolute Gasteiger partial charge is 0.397 e. The summed E-state index contributed by atoms with van der Waals surface area (Å²) < 4.78 is 36.2. The second kappa shape index (κ2) is 6.35. The summed E-state index contributed by atoms with van der Waals surface area (Å²) in [4.78, 5) is 0. The second-order valence-electron chi connectivity index (χ2n) is 5.78. The molecule has 1 N–H and O–H groups in total. The molecule has 2 aliphatic carbocycles. The summed E-state index contributed by atoms with van der Waals surface area (Å²) in [5, 5.41) is 0. The van der Waals surface area contributed by atoms with E-state index >= 15 is 0 Å². The quantitative estimate of drug-likeness (QED) is 0.800. The van der Waals surface area contributed by atoms with Crippen molar-refractivity contribution in [2.45, 2.75) is 70.3 Å². The van der Waals surface area contributed by atoms with Gasteiger partial charge < -0.3 is 0 Å². The van der Waals surface area contributed by atoms with Crippen LogP contribution in [-0.2, 0) is 14.6 Å². The van der Waals surface area contributed by atoms with Crippen molar-refractivity contribution in [2.75, 3.05) is 0 Å². The zero-order valence-corrected chi connectivity index (χ0v) is 11.7. The van der Waals surface area contributed by atoms with E-state index in [0.717, 1.165) is 51.4 Å². The van der Waals surface area contributed by atoms with Crippen molar-refractivity contribution >= 4 is 10.4 Å². The Bertz CT molecular complexity index is 322. The maximum absolute atomic E-state index is 11.1. The predicted octanol–water partition coefficient (Wildman–Crippen LogP) is 3.34. The lowest BCUT2D eigenvalue weighted by Gasteiger charge is -2.36. The Labute approximate surface area is 110 Å². The molecule has 0 unspecified atom stereocenters. The average Bonchev–Trinajstić information content (AvgIpc) is 2.37. The number of hydrogen-bond acceptors (Lipinski definition) is 3. The van der Waals surface area contributed by atoms with Crippen LogP contribution in [0.1, 0.15) is 64.2 Å². The van der Waals surface area contributed by atoms with Crippen LogP contribution in [0.3, 0.4) is 0 Å². The predicted molar refractivity (Wildman–Crippen MR) is 69.6 cm³/mol. The van der Waals surface area contributed by atoms with Gasteiger partial charge in [-0.1, -0.05) is 38.5 Å². The molecule has 18 heavy (non-hydrogen) atoms. The van der Waals surface area contributed by atoms with E-state index in [1.54, 1.807) is 0 Å². The van der Waals surface area contributed by atoms with Gasteiger partial charge in [0.05, 0.1) is 6.10 Å². The first kappa shape index (κ1) is 14.3. The Balaban J connectivity index is 2.05. The van der Waals surface area contributed by atoms with E-state index in [1.165, 1.54) is 12.8 Å². The van der Waals surface area contributed by atoms with Gasteiger partial charge in [-0.05, 0) is 37.5 Å². The molecule has 106 valence electrons. The molecule has 0 atom stereocenters. The van der Waals surface area contributed by atoms with Crippen LogP contribution in [0, 0.1) is 11.8 Å². The fourth-order valence-electron chi connectivity index (χ4n) is 3.61. The summed E-state index contributed by atoms with van der Waals surface area (Å²) in [7, 11) is -4.32. The van der Waals surface area contributed by atoms with Gasteiger partial charge >= 0.3 is 10.4 Å². The van der Waals surface area contributed by atoms with Crippen molar-refractivity contribution in [2.24, 2.45) is 11.8 Å². The number of hydrogen-bond donors (Lipinski definition) is 1. The van der Waals surface area contributed by atoms with Crippen LogP contribution in [0.25, 0.3) is 0 Å². The van der Waals surface area contributed by atoms with Crippen molar-refractivity contribution in [3.8, 4) is 0 Å². The van der Waals surface area contributed by atoms with Gasteiger partial charge in [0.2, 0.25) is 0 Å². The molecule has 2 saturated carbocycles. The molecule has 0 aromatic heterocycles. The Morgan fingerprint density at radius 3 is 1.56 bits per heavy atom. The Morgan fingerprint density at radius 2 is 1.22 bits per heavy atom. The Hall–Kier alpha value is -0.130. The molecule has 0 heterocycles. The van der Waals surface area contributed by atoms with Gasteiger partial charge in [-0.25, -0.2) is 4.18 Å². The van der Waals surface area contributed by atoms with Gasteiger partial charge in [-0.2, -0.15) is 8.42 Å². The Morgan fingerprint density at radius 1 is 0.833 bits per heavy atom. The monoisotopic (exact) mass is 276 g/mol. The lowest BCUT2D eigenvalue weighted by atomic mass is 9.75. The standard InChI is InChI=1S/C13H24O4S/c14-18(15,16)17-13(11-7-3-1-4-8-11)12-9-5-2-6-10-12/h11-13H,1-10H2,(H,14,15,16). The molecule has 2 fully saturated rings. The zero-order valence-electron chi connectivity index (χ0n) is 10.9. The first-order valence-corrected chi connectivity index (χ1v) is 8.58. The summed E-state index contributed by atoms with van der Waals surface area (Å²) in [5.74, 6) is 0.618. The summed E-state index contributed by atoms with van der Waals surface area (Å²) in [5.41, 5.74) is 0. The molecular weight excluding hydrogens is 252 g/mol. The summed E-state index contributed by atoms with van der Waals surface area (Å²) in [6, 6.07) is 0. The summed E-state index contributed by atoms with van der Waals surface area (Å²) in [6.45, 7) is 0. The molecule has 2 aliphatic rings. The second-order valence-corrected chi connectivity index (χ2v) is 6.83. The number of rotatable bonds is 4. The van der Waals surface area contributed by atoms with Gasteiger partial charge in [0.25, 0.3) is 0 Å². The van der Waals surface area contributed by atoms with E-state index in [-0.39, 0.29) is 6.10 Å². The van der Waals surface area contributed by atoms with Crippen LogP contribution >= 0.6 is 0 Å². The van der Waals surface area contributed by atoms with Crippen LogP contribution in [0.5, 0.6) is 0 Å². The van der Waals surface area contributed by atoms with Crippen molar-refractivity contribution in [3.05, 3.63) is 0 Å². The van der Waals surface area contributed by atoms with E-state index in [1.807, 2.05) is 0 Å². The van der Waals surface area contributed by atoms with Crippen LogP contribution in [0.4, 0.5) is 0 Å². The molecule has 0 bridgehead atoms. The topological polar surface area (TPSA) is 63.6 Å². The van der Waals surface area contributed by atoms with E-state index in [4.69, 9.17) is 8.74 Å². The van der Waals surface area contributed by atoms with Gasteiger partial charge in [0, 0.05) is 0 Å². The van der Waals surface area contributed by atoms with E-state index in [2.05, 4.69) is 0 Å². The molecule has 0 aromatic rings. The molecular formula is C13H24O4S. The van der Waals surface area contributed by atoms with Crippen LogP contribution in [0.15, 0.2) is 0 Å². The molecule has 2 rings (SSSR count). The highest BCUT2D eigenvalue weighted by atomic mass is 32.3. The van der Waals surface area contributed by atoms with Crippen molar-refractivity contribution in [1.29, 1.82) is 0 Å². The van der Waals surface area contributed by atoms with Crippen molar-refractivity contribution in [3.63, 3.8) is 0 Å². The first-order chi connectivity index (χ1) is 8.56. The van der Waals surface area contributed by atoms with Gasteiger partial charge in [0.1, 0.15) is 0 Å². The lowest BCUT2D eigenvalue weighted by molar-refractivity contribution is 0.0351. The molecule has 0 radical (unpaired) electrons. The minimum atomic E-state index is -4.32. The fourth-order valence-corrected chi connectivity index (χ4v) is 4.20. The molecule has 0 aromatic carbocycles. The molecule has 0 spiro atoms. The minimum absolute atomic E-state index is 0.291. The highest BCUT2D eigenvalue weighted by Crippen LogP contribution is 2.37. The van der Waals surface area contributed by atoms with E-state index in [0.29, 0.717) is 11.8 Å². The van der Waals surface area contributed by atoms with Crippen molar-refractivity contribution < 1.29 is 17.2 Å². The normalized spacial score (nSPS) is 24.6. The van der Waals surface area contributed by atoms with Crippen LogP contribution in [-0.4, -0.2) is 19.1 Å². The SMILES string of the molecule is O=S(=O)(O)OC(C1CCCCC1)C1CCCCC1.